The monoisotopic (exact) mass is 292 g/mol. The molecule has 0 bridgehead atoms. The molecule has 2 rings (SSSR count). The van der Waals surface area contributed by atoms with E-state index in [0.717, 1.165) is 22.9 Å². The number of nitrogens with one attached hydrogen (secondary N) is 1. The quantitative estimate of drug-likeness (QED) is 0.788. The Morgan fingerprint density at radius 3 is 2.58 bits per heavy atom. The summed E-state index contributed by atoms with van der Waals surface area (Å²) in [4.78, 5) is 6.07. The minimum absolute atomic E-state index is 0.361. The molecular formula is C15H20N2S2. The molecule has 0 aliphatic heterocycles. The fraction of sp³-hybridized carbons (Fsp3) is 0.400. The van der Waals surface area contributed by atoms with Gasteiger partial charge < -0.3 is 5.32 Å². The van der Waals surface area contributed by atoms with Crippen LogP contribution in [0.4, 0.5) is 0 Å². The number of benzene rings is 1. The summed E-state index contributed by atoms with van der Waals surface area (Å²) in [6.07, 6.45) is 1.06. The molecule has 0 fully saturated rings. The van der Waals surface area contributed by atoms with Crippen molar-refractivity contribution in [2.24, 2.45) is 0 Å². The Labute approximate surface area is 123 Å². The van der Waals surface area contributed by atoms with Crippen LogP contribution in [-0.2, 0) is 0 Å². The van der Waals surface area contributed by atoms with Gasteiger partial charge in [-0.3, -0.25) is 0 Å². The molecule has 1 N–H and O–H groups in total. The highest BCUT2D eigenvalue weighted by Crippen LogP contribution is 2.29. The Bertz CT molecular complexity index is 501. The molecule has 1 aromatic heterocycles. The van der Waals surface area contributed by atoms with Crippen LogP contribution in [0.15, 0.2) is 34.5 Å². The zero-order valence-electron chi connectivity index (χ0n) is 11.6. The standard InChI is InChI=1S/C15H20N2S2/c1-4-13(16-3)14-10-19-15(17-14)11-6-8-12(9-7-11)18-5-2/h6-10,13,16H,4-5H2,1-3H3. The molecule has 0 amide bonds. The highest BCUT2D eigenvalue weighted by atomic mass is 32.2. The van der Waals surface area contributed by atoms with E-state index in [1.165, 1.54) is 10.5 Å². The van der Waals surface area contributed by atoms with Crippen LogP contribution in [0.3, 0.4) is 0 Å². The van der Waals surface area contributed by atoms with Gasteiger partial charge in [-0.15, -0.1) is 23.1 Å². The summed E-state index contributed by atoms with van der Waals surface area (Å²) in [5.74, 6) is 1.11. The SMILES string of the molecule is CCSc1ccc(-c2nc(C(CC)NC)cs2)cc1. The molecule has 1 atom stereocenters. The van der Waals surface area contributed by atoms with Crippen molar-refractivity contribution >= 4 is 23.1 Å². The average molecular weight is 292 g/mol. The third-order valence-corrected chi connectivity index (χ3v) is 4.85. The Hall–Kier alpha value is -0.840. The number of thioether (sulfide) groups is 1. The van der Waals surface area contributed by atoms with Crippen LogP contribution in [0.1, 0.15) is 32.0 Å². The average Bonchev–Trinajstić information content (AvgIpc) is 2.91. The Morgan fingerprint density at radius 2 is 2.00 bits per heavy atom. The smallest absolute Gasteiger partial charge is 0.123 e. The Kier molecular flexibility index (Phi) is 5.43. The molecule has 0 aliphatic carbocycles. The van der Waals surface area contributed by atoms with E-state index in [0.29, 0.717) is 6.04 Å². The van der Waals surface area contributed by atoms with Gasteiger partial charge in [-0.05, 0) is 31.4 Å². The number of nitrogens with zero attached hydrogens (tertiary/aromatic N) is 1. The zero-order chi connectivity index (χ0) is 13.7. The molecule has 2 nitrogen and oxygen atoms in total. The summed E-state index contributed by atoms with van der Waals surface area (Å²) in [6.45, 7) is 4.35. The number of thiazole rings is 1. The molecule has 0 radical (unpaired) electrons. The van der Waals surface area contributed by atoms with Crippen molar-refractivity contribution < 1.29 is 0 Å². The largest absolute Gasteiger partial charge is 0.312 e. The van der Waals surface area contributed by atoms with Gasteiger partial charge in [-0.2, -0.15) is 0 Å². The predicted molar refractivity (Wildman–Crippen MR) is 86.0 cm³/mol. The maximum absolute atomic E-state index is 4.75. The maximum atomic E-state index is 4.75. The number of aromatic nitrogens is 1. The molecule has 4 heteroatoms. The summed E-state index contributed by atoms with van der Waals surface area (Å²) in [5, 5.41) is 6.57. The van der Waals surface area contributed by atoms with Crippen molar-refractivity contribution in [3.8, 4) is 10.6 Å². The van der Waals surface area contributed by atoms with Gasteiger partial charge in [0.2, 0.25) is 0 Å². The molecule has 0 aliphatic rings. The Balaban J connectivity index is 2.17. The fourth-order valence-corrected chi connectivity index (χ4v) is 3.54. The van der Waals surface area contributed by atoms with Crippen LogP contribution in [0.2, 0.25) is 0 Å². The summed E-state index contributed by atoms with van der Waals surface area (Å²) in [7, 11) is 1.99. The van der Waals surface area contributed by atoms with Crippen LogP contribution in [0.25, 0.3) is 10.6 Å². The molecule has 0 saturated heterocycles. The van der Waals surface area contributed by atoms with Gasteiger partial charge in [0.15, 0.2) is 0 Å². The molecule has 2 aromatic rings. The second-order valence-electron chi connectivity index (χ2n) is 4.28. The number of hydrogen-bond acceptors (Lipinski definition) is 4. The van der Waals surface area contributed by atoms with Crippen LogP contribution < -0.4 is 5.32 Å². The van der Waals surface area contributed by atoms with E-state index < -0.39 is 0 Å². The normalized spacial score (nSPS) is 12.6. The molecule has 0 spiro atoms. The van der Waals surface area contributed by atoms with E-state index in [4.69, 9.17) is 4.98 Å². The van der Waals surface area contributed by atoms with Crippen LogP contribution in [-0.4, -0.2) is 17.8 Å². The highest BCUT2D eigenvalue weighted by molar-refractivity contribution is 7.99. The van der Waals surface area contributed by atoms with Gasteiger partial charge in [-0.1, -0.05) is 26.0 Å². The lowest BCUT2D eigenvalue weighted by atomic mass is 10.2. The third-order valence-electron chi connectivity index (χ3n) is 3.05. The molecular weight excluding hydrogens is 272 g/mol. The fourth-order valence-electron chi connectivity index (χ4n) is 2.00. The van der Waals surface area contributed by atoms with Gasteiger partial charge in [-0.25, -0.2) is 4.98 Å². The third kappa shape index (κ3) is 3.59. The summed E-state index contributed by atoms with van der Waals surface area (Å²) in [5.41, 5.74) is 2.36. The van der Waals surface area contributed by atoms with Crippen molar-refractivity contribution in [1.82, 2.24) is 10.3 Å². The van der Waals surface area contributed by atoms with Gasteiger partial charge in [0.05, 0.1) is 5.69 Å². The first kappa shape index (κ1) is 14.6. The van der Waals surface area contributed by atoms with Crippen molar-refractivity contribution in [2.45, 2.75) is 31.2 Å². The lowest BCUT2D eigenvalue weighted by Gasteiger charge is -2.09. The minimum Gasteiger partial charge on any atom is -0.312 e. The second-order valence-corrected chi connectivity index (χ2v) is 6.48. The molecule has 19 heavy (non-hydrogen) atoms. The Morgan fingerprint density at radius 1 is 1.26 bits per heavy atom. The lowest BCUT2D eigenvalue weighted by Crippen LogP contribution is -2.15. The van der Waals surface area contributed by atoms with Crippen molar-refractivity contribution in [1.29, 1.82) is 0 Å². The number of hydrogen-bond donors (Lipinski definition) is 1. The minimum atomic E-state index is 0.361. The van der Waals surface area contributed by atoms with E-state index in [1.807, 2.05) is 18.8 Å². The van der Waals surface area contributed by atoms with Crippen LogP contribution >= 0.6 is 23.1 Å². The molecule has 102 valence electrons. The zero-order valence-corrected chi connectivity index (χ0v) is 13.3. The van der Waals surface area contributed by atoms with E-state index in [9.17, 15) is 0 Å². The summed E-state index contributed by atoms with van der Waals surface area (Å²) >= 11 is 3.59. The molecule has 0 saturated carbocycles. The van der Waals surface area contributed by atoms with Crippen LogP contribution in [0, 0.1) is 0 Å². The first-order chi connectivity index (χ1) is 9.28. The summed E-state index contributed by atoms with van der Waals surface area (Å²) in [6, 6.07) is 9.06. The van der Waals surface area contributed by atoms with E-state index in [-0.39, 0.29) is 0 Å². The maximum Gasteiger partial charge on any atom is 0.123 e. The van der Waals surface area contributed by atoms with Crippen molar-refractivity contribution in [2.75, 3.05) is 12.8 Å². The topological polar surface area (TPSA) is 24.9 Å². The van der Waals surface area contributed by atoms with Crippen LogP contribution in [0.5, 0.6) is 0 Å². The first-order valence-corrected chi connectivity index (χ1v) is 8.50. The molecule has 1 unspecified atom stereocenters. The van der Waals surface area contributed by atoms with Crippen molar-refractivity contribution in [3.05, 3.63) is 35.3 Å². The van der Waals surface area contributed by atoms with E-state index >= 15 is 0 Å². The highest BCUT2D eigenvalue weighted by Gasteiger charge is 2.11. The van der Waals surface area contributed by atoms with Gasteiger partial charge >= 0.3 is 0 Å². The predicted octanol–water partition coefficient (Wildman–Crippen LogP) is 4.59. The van der Waals surface area contributed by atoms with E-state index in [2.05, 4.69) is 48.8 Å². The molecule has 1 heterocycles. The molecule has 1 aromatic carbocycles. The number of rotatable bonds is 6. The van der Waals surface area contributed by atoms with Gasteiger partial charge in [0.25, 0.3) is 0 Å². The van der Waals surface area contributed by atoms with E-state index in [1.54, 1.807) is 11.3 Å². The lowest BCUT2D eigenvalue weighted by molar-refractivity contribution is 0.565. The first-order valence-electron chi connectivity index (χ1n) is 6.64. The van der Waals surface area contributed by atoms with Crippen molar-refractivity contribution in [3.63, 3.8) is 0 Å². The van der Waals surface area contributed by atoms with Gasteiger partial charge in [0, 0.05) is 21.9 Å². The summed E-state index contributed by atoms with van der Waals surface area (Å²) < 4.78 is 0. The second kappa shape index (κ2) is 7.08. The van der Waals surface area contributed by atoms with Gasteiger partial charge in [0.1, 0.15) is 5.01 Å².